The maximum atomic E-state index is 12.5. The maximum Gasteiger partial charge on any atom is 0.243 e. The Bertz CT molecular complexity index is 785. The molecule has 0 aliphatic carbocycles. The van der Waals surface area contributed by atoms with E-state index in [4.69, 9.17) is 0 Å². The minimum absolute atomic E-state index is 0.0492. The summed E-state index contributed by atoms with van der Waals surface area (Å²) in [6.07, 6.45) is 1.23. The third-order valence-corrected chi connectivity index (χ3v) is 4.90. The number of carbonyl (C=O) groups is 2. The first-order chi connectivity index (χ1) is 12.7. The molecule has 0 saturated carbocycles. The van der Waals surface area contributed by atoms with E-state index in [9.17, 15) is 9.59 Å². The molecule has 2 unspecified atom stereocenters. The summed E-state index contributed by atoms with van der Waals surface area (Å²) in [6, 6.07) is 18.5. The first kappa shape index (κ1) is 20.6. The van der Waals surface area contributed by atoms with Crippen molar-refractivity contribution in [3.63, 3.8) is 0 Å². The molecule has 0 bridgehead atoms. The third-order valence-electron chi connectivity index (χ3n) is 4.90. The number of hydrogen-bond acceptors (Lipinski definition) is 2. The lowest BCUT2D eigenvalue weighted by Crippen LogP contribution is -2.35. The van der Waals surface area contributed by atoms with Crippen LogP contribution in [0.2, 0.25) is 0 Å². The fourth-order valence-corrected chi connectivity index (χ4v) is 3.29. The summed E-state index contributed by atoms with van der Waals surface area (Å²) in [5, 5.41) is 2.79. The van der Waals surface area contributed by atoms with Crippen molar-refractivity contribution in [2.45, 2.75) is 39.0 Å². The largest absolute Gasteiger partial charge is 0.352 e. The molecule has 2 rings (SSSR count). The number of Topliss-reactive ketones (excluding diaryl/α,β-unsaturated/α-hetero) is 1. The van der Waals surface area contributed by atoms with E-state index in [1.54, 1.807) is 6.92 Å². The molecular weight excluding hydrogens is 334 g/mol. The van der Waals surface area contributed by atoms with Gasteiger partial charge < -0.3 is 5.32 Å². The van der Waals surface area contributed by atoms with Gasteiger partial charge in [0.25, 0.3) is 0 Å². The summed E-state index contributed by atoms with van der Waals surface area (Å²) in [5.74, 6) is -0.691. The molecular formula is C24H29NO2. The highest BCUT2D eigenvalue weighted by molar-refractivity contribution is 5.88. The molecule has 3 nitrogen and oxygen atoms in total. The number of nitrogens with one attached hydrogen (secondary N) is 1. The number of amides is 1. The molecule has 0 heterocycles. The molecule has 27 heavy (non-hydrogen) atoms. The Hall–Kier alpha value is -2.68. The van der Waals surface area contributed by atoms with E-state index in [0.29, 0.717) is 0 Å². The van der Waals surface area contributed by atoms with Gasteiger partial charge in [0.1, 0.15) is 5.78 Å². The summed E-state index contributed by atoms with van der Waals surface area (Å²) in [7, 11) is 0. The zero-order valence-corrected chi connectivity index (χ0v) is 16.7. The Balaban J connectivity index is 2.45. The van der Waals surface area contributed by atoms with Crippen molar-refractivity contribution < 1.29 is 9.59 Å². The van der Waals surface area contributed by atoms with Crippen molar-refractivity contribution >= 4 is 11.7 Å². The highest BCUT2D eigenvalue weighted by Crippen LogP contribution is 2.34. The van der Waals surface area contributed by atoms with Crippen LogP contribution >= 0.6 is 0 Å². The first-order valence-electron chi connectivity index (χ1n) is 9.30. The van der Waals surface area contributed by atoms with E-state index < -0.39 is 0 Å². The molecule has 0 aliphatic rings. The summed E-state index contributed by atoms with van der Waals surface area (Å²) in [6.45, 7) is 11.9. The van der Waals surface area contributed by atoms with Gasteiger partial charge in [-0.1, -0.05) is 81.9 Å². The molecule has 0 spiro atoms. The summed E-state index contributed by atoms with van der Waals surface area (Å²) >= 11 is 0. The van der Waals surface area contributed by atoms with E-state index in [1.165, 1.54) is 11.6 Å². The zero-order valence-electron chi connectivity index (χ0n) is 16.7. The molecule has 1 amide bonds. The van der Waals surface area contributed by atoms with Gasteiger partial charge in [-0.05, 0) is 35.1 Å². The van der Waals surface area contributed by atoms with E-state index in [1.807, 2.05) is 30.3 Å². The Morgan fingerprint density at radius 3 is 2.04 bits per heavy atom. The molecule has 0 fully saturated rings. The Morgan fingerprint density at radius 1 is 1.00 bits per heavy atom. The standard InChI is InChI=1S/C24H29NO2/c1-6-22(27)25-16-21(17(2)26)23(18-10-8-7-9-11-18)19-12-14-20(15-13-19)24(3,4)5/h6-15,21,23H,1,16H2,2-5H3,(H,25,27). The number of hydrogen-bond donors (Lipinski definition) is 1. The molecule has 1 N–H and O–H groups in total. The van der Waals surface area contributed by atoms with Gasteiger partial charge in [-0.15, -0.1) is 0 Å². The van der Waals surface area contributed by atoms with E-state index >= 15 is 0 Å². The number of benzene rings is 2. The summed E-state index contributed by atoms with van der Waals surface area (Å²) in [4.78, 5) is 24.1. The van der Waals surface area contributed by atoms with Gasteiger partial charge in [0.15, 0.2) is 0 Å². The van der Waals surface area contributed by atoms with Crippen LogP contribution in [0.3, 0.4) is 0 Å². The fourth-order valence-electron chi connectivity index (χ4n) is 3.29. The average Bonchev–Trinajstić information content (AvgIpc) is 2.64. The lowest BCUT2D eigenvalue weighted by molar-refractivity contribution is -0.121. The van der Waals surface area contributed by atoms with Crippen LogP contribution in [0.15, 0.2) is 67.3 Å². The van der Waals surface area contributed by atoms with Crippen molar-refractivity contribution in [2.75, 3.05) is 6.54 Å². The number of rotatable bonds is 7. The van der Waals surface area contributed by atoms with Gasteiger partial charge in [0.05, 0.1) is 0 Å². The first-order valence-corrected chi connectivity index (χ1v) is 9.30. The van der Waals surface area contributed by atoms with Crippen LogP contribution in [0, 0.1) is 5.92 Å². The second kappa shape index (κ2) is 8.81. The van der Waals surface area contributed by atoms with Gasteiger partial charge >= 0.3 is 0 Å². The van der Waals surface area contributed by atoms with Crippen LogP contribution in [0.4, 0.5) is 0 Å². The normalized spacial score (nSPS) is 13.5. The minimum Gasteiger partial charge on any atom is -0.352 e. The Labute approximate surface area is 162 Å². The summed E-state index contributed by atoms with van der Waals surface area (Å²) in [5.41, 5.74) is 3.45. The zero-order chi connectivity index (χ0) is 20.0. The Kier molecular flexibility index (Phi) is 6.73. The minimum atomic E-state index is -0.350. The maximum absolute atomic E-state index is 12.5. The van der Waals surface area contributed by atoms with Crippen LogP contribution in [0.5, 0.6) is 0 Å². The van der Waals surface area contributed by atoms with Crippen molar-refractivity contribution in [3.8, 4) is 0 Å². The lowest BCUT2D eigenvalue weighted by atomic mass is 9.77. The highest BCUT2D eigenvalue weighted by Gasteiger charge is 2.29. The fraction of sp³-hybridized carbons (Fsp3) is 0.333. The number of ketones is 1. The molecule has 0 radical (unpaired) electrons. The summed E-state index contributed by atoms with van der Waals surface area (Å²) < 4.78 is 0. The molecule has 2 aromatic rings. The molecule has 0 aromatic heterocycles. The molecule has 0 saturated heterocycles. The highest BCUT2D eigenvalue weighted by atomic mass is 16.1. The van der Waals surface area contributed by atoms with Crippen LogP contribution in [-0.4, -0.2) is 18.2 Å². The van der Waals surface area contributed by atoms with Crippen LogP contribution in [0.25, 0.3) is 0 Å². The van der Waals surface area contributed by atoms with Crippen molar-refractivity contribution in [1.82, 2.24) is 5.32 Å². The third kappa shape index (κ3) is 5.40. The topological polar surface area (TPSA) is 46.2 Å². The molecule has 2 atom stereocenters. The van der Waals surface area contributed by atoms with Gasteiger partial charge in [0.2, 0.25) is 5.91 Å². The van der Waals surface area contributed by atoms with Crippen molar-refractivity contribution in [1.29, 1.82) is 0 Å². The quantitative estimate of drug-likeness (QED) is 0.730. The smallest absolute Gasteiger partial charge is 0.243 e. The van der Waals surface area contributed by atoms with Gasteiger partial charge in [-0.3, -0.25) is 9.59 Å². The molecule has 2 aromatic carbocycles. The number of carbonyl (C=O) groups excluding carboxylic acids is 2. The second-order valence-electron chi connectivity index (χ2n) is 7.93. The molecule has 0 aliphatic heterocycles. The van der Waals surface area contributed by atoms with Crippen LogP contribution in [0.1, 0.15) is 50.3 Å². The van der Waals surface area contributed by atoms with E-state index in [0.717, 1.165) is 11.1 Å². The van der Waals surface area contributed by atoms with Crippen LogP contribution in [-0.2, 0) is 15.0 Å². The van der Waals surface area contributed by atoms with Gasteiger partial charge in [-0.2, -0.15) is 0 Å². The predicted molar refractivity (Wildman–Crippen MR) is 111 cm³/mol. The monoisotopic (exact) mass is 363 g/mol. The average molecular weight is 364 g/mol. The van der Waals surface area contributed by atoms with E-state index in [2.05, 4.69) is 56.9 Å². The van der Waals surface area contributed by atoms with Gasteiger partial charge in [0, 0.05) is 18.4 Å². The van der Waals surface area contributed by atoms with E-state index in [-0.39, 0.29) is 35.5 Å². The van der Waals surface area contributed by atoms with Crippen molar-refractivity contribution in [2.24, 2.45) is 5.92 Å². The van der Waals surface area contributed by atoms with Gasteiger partial charge in [-0.25, -0.2) is 0 Å². The molecule has 142 valence electrons. The SMILES string of the molecule is C=CC(=O)NCC(C(C)=O)C(c1ccccc1)c1ccc(C(C)(C)C)cc1. The predicted octanol–water partition coefficient (Wildman–Crippen LogP) is 4.62. The second-order valence-corrected chi connectivity index (χ2v) is 7.93. The lowest BCUT2D eigenvalue weighted by Gasteiger charge is -2.27. The molecule has 3 heteroatoms. The van der Waals surface area contributed by atoms with Crippen LogP contribution < -0.4 is 5.32 Å². The Morgan fingerprint density at radius 2 is 1.56 bits per heavy atom. The van der Waals surface area contributed by atoms with Crippen molar-refractivity contribution in [3.05, 3.63) is 83.9 Å².